The first-order valence-electron chi connectivity index (χ1n) is 25.6. The second-order valence-electron chi connectivity index (χ2n) is 22.1. The molecule has 0 atom stereocenters. The van der Waals surface area contributed by atoms with Gasteiger partial charge in [0.15, 0.2) is 0 Å². The van der Waals surface area contributed by atoms with Gasteiger partial charge in [0.25, 0.3) is 0 Å². The smallest absolute Gasteiger partial charge is 0.0726 e. The van der Waals surface area contributed by atoms with Gasteiger partial charge in [0.1, 0.15) is 0 Å². The number of rotatable bonds is 6. The van der Waals surface area contributed by atoms with Crippen molar-refractivity contribution in [3.8, 4) is 55.6 Å². The van der Waals surface area contributed by atoms with Gasteiger partial charge in [-0.25, -0.2) is 0 Å². The molecule has 0 saturated carbocycles. The van der Waals surface area contributed by atoms with E-state index < -0.39 is 5.41 Å². The first kappa shape index (κ1) is 43.7. The molecule has 72 heavy (non-hydrogen) atoms. The fraction of sp³-hybridized carbons (Fsp3) is 0.127. The molecule has 0 unspecified atom stereocenters. The highest BCUT2D eigenvalue weighted by Gasteiger charge is 2.52. The number of benzene rings is 11. The highest BCUT2D eigenvalue weighted by atomic mass is 15.1. The van der Waals surface area contributed by atoms with Gasteiger partial charge in [0.2, 0.25) is 0 Å². The zero-order chi connectivity index (χ0) is 48.9. The lowest BCUT2D eigenvalue weighted by atomic mass is 9.68. The molecule has 0 bridgehead atoms. The Morgan fingerprint density at radius 2 is 0.792 bits per heavy atom. The second kappa shape index (κ2) is 16.4. The Hall–Kier alpha value is -8.26. The summed E-state index contributed by atoms with van der Waals surface area (Å²) in [7, 11) is 0. The summed E-state index contributed by atoms with van der Waals surface area (Å²) in [5.74, 6) is 0. The summed E-state index contributed by atoms with van der Waals surface area (Å²) < 4.78 is 0. The molecule has 0 N–H and O–H groups in total. The Morgan fingerprint density at radius 1 is 0.292 bits per heavy atom. The minimum atomic E-state index is -0.541. The minimum absolute atomic E-state index is 0.0358. The van der Waals surface area contributed by atoms with Crippen LogP contribution < -0.4 is 4.90 Å². The summed E-state index contributed by atoms with van der Waals surface area (Å²) in [6.07, 6.45) is 0. The third-order valence-electron chi connectivity index (χ3n) is 15.8. The summed E-state index contributed by atoms with van der Waals surface area (Å²) in [6, 6.07) is 89.3. The van der Waals surface area contributed by atoms with E-state index in [0.717, 1.165) is 17.1 Å². The zero-order valence-electron chi connectivity index (χ0n) is 42.0. The van der Waals surface area contributed by atoms with Gasteiger partial charge < -0.3 is 4.90 Å². The van der Waals surface area contributed by atoms with Crippen molar-refractivity contribution in [3.05, 3.63) is 270 Å². The zero-order valence-corrected chi connectivity index (χ0v) is 42.0. The lowest BCUT2D eigenvalue weighted by Crippen LogP contribution is -2.27. The van der Waals surface area contributed by atoms with E-state index in [1.54, 1.807) is 0 Å². The minimum Gasteiger partial charge on any atom is -0.310 e. The summed E-state index contributed by atoms with van der Waals surface area (Å²) in [4.78, 5) is 2.52. The van der Waals surface area contributed by atoms with Crippen molar-refractivity contribution < 1.29 is 0 Å². The van der Waals surface area contributed by atoms with E-state index in [-0.39, 0.29) is 10.8 Å². The molecule has 346 valence electrons. The van der Waals surface area contributed by atoms with Gasteiger partial charge in [-0.2, -0.15) is 0 Å². The molecule has 13 rings (SSSR count). The van der Waals surface area contributed by atoms with E-state index in [2.05, 4.69) is 283 Å². The van der Waals surface area contributed by atoms with Crippen LogP contribution in [-0.4, -0.2) is 0 Å². The van der Waals surface area contributed by atoms with Crippen LogP contribution in [0.25, 0.3) is 77.2 Å². The summed E-state index contributed by atoms with van der Waals surface area (Å²) in [5, 5.41) is 4.96. The average molecular weight is 924 g/mol. The maximum absolute atomic E-state index is 2.55. The summed E-state index contributed by atoms with van der Waals surface area (Å²) in [5.41, 5.74) is 23.3. The molecule has 0 heterocycles. The van der Waals surface area contributed by atoms with Gasteiger partial charge in [-0.1, -0.05) is 242 Å². The molecule has 1 spiro atoms. The van der Waals surface area contributed by atoms with Crippen LogP contribution in [0, 0.1) is 0 Å². The van der Waals surface area contributed by atoms with Gasteiger partial charge in [-0.05, 0) is 152 Å². The van der Waals surface area contributed by atoms with Crippen LogP contribution in [0.1, 0.15) is 74.9 Å². The Morgan fingerprint density at radius 3 is 1.47 bits per heavy atom. The standard InChI is InChI=1S/C71H57N/c1-69(2,3)52-34-39-58-59-40-35-53(70(4,5)6)44-65(59)71(64(58)43-52)63-28-14-12-24-57(63)60-41-38-55(45-66(60)71)72(54-36-32-47(33-37-54)51-31-30-46-18-10-11-21-50(46)42-51)67-29-15-13-25-61(67)62-27-17-23-49-22-16-26-56(68(49)62)48-19-8-7-9-20-48/h7-45H,1-6H3. The van der Waals surface area contributed by atoms with Crippen LogP contribution in [0.4, 0.5) is 17.1 Å². The van der Waals surface area contributed by atoms with Crippen molar-refractivity contribution in [3.63, 3.8) is 0 Å². The van der Waals surface area contributed by atoms with E-state index in [0.29, 0.717) is 0 Å². The van der Waals surface area contributed by atoms with E-state index in [1.807, 2.05) is 0 Å². The third-order valence-corrected chi connectivity index (χ3v) is 15.8. The lowest BCUT2D eigenvalue weighted by Gasteiger charge is -2.34. The van der Waals surface area contributed by atoms with Crippen molar-refractivity contribution >= 4 is 38.6 Å². The number of fused-ring (bicyclic) bond motifs is 12. The molecule has 0 aliphatic heterocycles. The van der Waals surface area contributed by atoms with Crippen molar-refractivity contribution in [1.82, 2.24) is 0 Å². The van der Waals surface area contributed by atoms with Gasteiger partial charge >= 0.3 is 0 Å². The number of para-hydroxylation sites is 1. The molecule has 0 fully saturated rings. The highest BCUT2D eigenvalue weighted by Crippen LogP contribution is 2.64. The van der Waals surface area contributed by atoms with Crippen LogP contribution in [0.5, 0.6) is 0 Å². The highest BCUT2D eigenvalue weighted by molar-refractivity contribution is 6.09. The molecule has 0 radical (unpaired) electrons. The van der Waals surface area contributed by atoms with Crippen molar-refractivity contribution in [2.24, 2.45) is 0 Å². The van der Waals surface area contributed by atoms with E-state index in [1.165, 1.54) is 111 Å². The molecule has 11 aromatic carbocycles. The third kappa shape index (κ3) is 6.82. The molecule has 11 aromatic rings. The van der Waals surface area contributed by atoms with E-state index >= 15 is 0 Å². The second-order valence-corrected chi connectivity index (χ2v) is 22.1. The molecule has 2 aliphatic rings. The van der Waals surface area contributed by atoms with E-state index in [4.69, 9.17) is 0 Å². The van der Waals surface area contributed by atoms with E-state index in [9.17, 15) is 0 Å². The Labute approximate surface area is 424 Å². The maximum Gasteiger partial charge on any atom is 0.0726 e. The Bertz CT molecular complexity index is 3860. The number of anilines is 3. The predicted octanol–water partition coefficient (Wildman–Crippen LogP) is 19.4. The topological polar surface area (TPSA) is 3.24 Å². The quantitative estimate of drug-likeness (QED) is 0.161. The fourth-order valence-electron chi connectivity index (χ4n) is 12.2. The van der Waals surface area contributed by atoms with Gasteiger partial charge in [-0.15, -0.1) is 0 Å². The van der Waals surface area contributed by atoms with Crippen molar-refractivity contribution in [2.45, 2.75) is 57.8 Å². The monoisotopic (exact) mass is 923 g/mol. The molecule has 0 saturated heterocycles. The number of hydrogen-bond acceptors (Lipinski definition) is 1. The normalized spacial score (nSPS) is 13.2. The number of hydrogen-bond donors (Lipinski definition) is 0. The molecule has 1 heteroatoms. The maximum atomic E-state index is 2.55. The molecular weight excluding hydrogens is 867 g/mol. The molecule has 1 nitrogen and oxygen atoms in total. The van der Waals surface area contributed by atoms with Crippen molar-refractivity contribution in [2.75, 3.05) is 4.90 Å². The van der Waals surface area contributed by atoms with Gasteiger partial charge in [0.05, 0.1) is 11.1 Å². The van der Waals surface area contributed by atoms with Crippen LogP contribution >= 0.6 is 0 Å². The summed E-state index contributed by atoms with van der Waals surface area (Å²) >= 11 is 0. The molecular formula is C71H57N. The first-order valence-corrected chi connectivity index (χ1v) is 25.6. The fourth-order valence-corrected chi connectivity index (χ4v) is 12.2. The largest absolute Gasteiger partial charge is 0.310 e. The summed E-state index contributed by atoms with van der Waals surface area (Å²) in [6.45, 7) is 14.1. The molecule has 0 amide bonds. The van der Waals surface area contributed by atoms with Gasteiger partial charge in [-0.3, -0.25) is 0 Å². The van der Waals surface area contributed by atoms with Crippen molar-refractivity contribution in [1.29, 1.82) is 0 Å². The Balaban J connectivity index is 1.08. The van der Waals surface area contributed by atoms with Crippen LogP contribution in [0.15, 0.2) is 237 Å². The molecule has 2 aliphatic carbocycles. The lowest BCUT2D eigenvalue weighted by molar-refractivity contribution is 0.586. The molecule has 0 aromatic heterocycles. The predicted molar refractivity (Wildman–Crippen MR) is 306 cm³/mol. The Kier molecular flexibility index (Phi) is 9.97. The first-order chi connectivity index (χ1) is 35.0. The SMILES string of the molecule is CC(C)(C)c1ccc2c(c1)C1(c3ccccc3-c3ccc(N(c4ccc(-c5ccc6ccccc6c5)cc4)c4ccccc4-c4cccc5cccc(-c6ccccc6)c45)cc31)c1cc(C(C)(C)C)ccc1-2. The van der Waals surface area contributed by atoms with Crippen LogP contribution in [0.2, 0.25) is 0 Å². The average Bonchev–Trinajstić information content (AvgIpc) is 3.88. The van der Waals surface area contributed by atoms with Crippen LogP contribution in [0.3, 0.4) is 0 Å². The van der Waals surface area contributed by atoms with Crippen LogP contribution in [-0.2, 0) is 16.2 Å². The number of nitrogens with zero attached hydrogens (tertiary/aromatic N) is 1. The van der Waals surface area contributed by atoms with Gasteiger partial charge in [0, 0.05) is 16.9 Å².